The lowest BCUT2D eigenvalue weighted by Gasteiger charge is -2.15. The van der Waals surface area contributed by atoms with Crippen LogP contribution in [0.25, 0.3) is 0 Å². The summed E-state index contributed by atoms with van der Waals surface area (Å²) < 4.78 is 36.0. The van der Waals surface area contributed by atoms with E-state index in [9.17, 15) is 12.8 Å². The second kappa shape index (κ2) is 4.45. The Bertz CT molecular complexity index is 547. The number of sulfone groups is 1. The van der Waals surface area contributed by atoms with Gasteiger partial charge in [-0.15, -0.1) is 0 Å². The first-order valence-corrected chi connectivity index (χ1v) is 7.70. The first-order chi connectivity index (χ1) is 7.87. The zero-order valence-electron chi connectivity index (χ0n) is 8.91. The molecule has 1 saturated heterocycles. The van der Waals surface area contributed by atoms with Crippen LogP contribution in [0.4, 0.5) is 15.8 Å². The van der Waals surface area contributed by atoms with Gasteiger partial charge in [0.15, 0.2) is 9.84 Å². The third-order valence-electron chi connectivity index (χ3n) is 2.68. The molecule has 1 aromatic carbocycles. The third-order valence-corrected chi connectivity index (χ3v) is 5.06. The third kappa shape index (κ3) is 2.90. The minimum atomic E-state index is -2.94. The maximum Gasteiger partial charge on any atom is 0.152 e. The fraction of sp³-hybridized carbons (Fsp3) is 0.400. The van der Waals surface area contributed by atoms with Crippen LogP contribution in [0.15, 0.2) is 16.6 Å². The maximum atomic E-state index is 13.1. The van der Waals surface area contributed by atoms with Gasteiger partial charge in [0.1, 0.15) is 5.82 Å². The molecule has 94 valence electrons. The second-order valence-corrected chi connectivity index (χ2v) is 7.18. The number of hydrogen-bond donors (Lipinski definition) is 2. The predicted octanol–water partition coefficient (Wildman–Crippen LogP) is 1.77. The van der Waals surface area contributed by atoms with Crippen molar-refractivity contribution in [3.05, 3.63) is 22.4 Å². The summed E-state index contributed by atoms with van der Waals surface area (Å²) in [5.41, 5.74) is 6.49. The van der Waals surface area contributed by atoms with Crippen LogP contribution in [-0.4, -0.2) is 26.0 Å². The highest BCUT2D eigenvalue weighted by atomic mass is 79.9. The molecule has 1 fully saturated rings. The van der Waals surface area contributed by atoms with Gasteiger partial charge >= 0.3 is 0 Å². The fourth-order valence-electron chi connectivity index (χ4n) is 1.82. The minimum absolute atomic E-state index is 0.0986. The van der Waals surface area contributed by atoms with Crippen LogP contribution < -0.4 is 11.1 Å². The van der Waals surface area contributed by atoms with E-state index in [0.29, 0.717) is 16.6 Å². The van der Waals surface area contributed by atoms with Gasteiger partial charge < -0.3 is 11.1 Å². The Morgan fingerprint density at radius 3 is 2.76 bits per heavy atom. The number of nitrogen functional groups attached to an aromatic ring is 1. The van der Waals surface area contributed by atoms with Gasteiger partial charge in [-0.05, 0) is 28.4 Å². The van der Waals surface area contributed by atoms with E-state index in [1.54, 1.807) is 0 Å². The van der Waals surface area contributed by atoms with Gasteiger partial charge in [0.25, 0.3) is 0 Å². The Labute approximate surface area is 107 Å². The molecule has 1 aliphatic heterocycles. The lowest BCUT2D eigenvalue weighted by Crippen LogP contribution is -2.21. The fourth-order valence-corrected chi connectivity index (χ4v) is 3.83. The second-order valence-electron chi connectivity index (χ2n) is 4.10. The predicted molar refractivity (Wildman–Crippen MR) is 69.2 cm³/mol. The van der Waals surface area contributed by atoms with Gasteiger partial charge in [-0.1, -0.05) is 0 Å². The summed E-state index contributed by atoms with van der Waals surface area (Å²) in [5.74, 6) is -0.152. The number of rotatable bonds is 2. The number of benzene rings is 1. The summed E-state index contributed by atoms with van der Waals surface area (Å²) >= 11 is 3.06. The zero-order valence-corrected chi connectivity index (χ0v) is 11.3. The molecule has 3 N–H and O–H groups in total. The summed E-state index contributed by atoms with van der Waals surface area (Å²) in [6.07, 6.45) is 0.552. The van der Waals surface area contributed by atoms with Crippen molar-refractivity contribution >= 4 is 37.1 Å². The van der Waals surface area contributed by atoms with Crippen molar-refractivity contribution in [2.75, 3.05) is 22.6 Å². The summed E-state index contributed by atoms with van der Waals surface area (Å²) in [5, 5.41) is 3.03. The van der Waals surface area contributed by atoms with Crippen LogP contribution in [0, 0.1) is 5.82 Å². The molecule has 0 amide bonds. The quantitative estimate of drug-likeness (QED) is 0.814. The molecule has 0 bridgehead atoms. The van der Waals surface area contributed by atoms with Gasteiger partial charge in [0, 0.05) is 12.1 Å². The summed E-state index contributed by atoms with van der Waals surface area (Å²) in [6.45, 7) is 0. The standard InChI is InChI=1S/C10H12BrFN2O2S/c11-7-3-10(9(13)4-8(7)12)14-6-1-2-17(15,16)5-6/h3-4,6,14H,1-2,5,13H2. The lowest BCUT2D eigenvalue weighted by atomic mass is 10.2. The number of nitrogens with two attached hydrogens (primary N) is 1. The van der Waals surface area contributed by atoms with Crippen molar-refractivity contribution < 1.29 is 12.8 Å². The van der Waals surface area contributed by atoms with Gasteiger partial charge in [0.2, 0.25) is 0 Å². The monoisotopic (exact) mass is 322 g/mol. The first-order valence-electron chi connectivity index (χ1n) is 5.09. The number of halogens is 2. The Kier molecular flexibility index (Phi) is 3.31. The molecule has 4 nitrogen and oxygen atoms in total. The van der Waals surface area contributed by atoms with E-state index in [1.807, 2.05) is 0 Å². The molecule has 0 aliphatic carbocycles. The van der Waals surface area contributed by atoms with E-state index in [4.69, 9.17) is 5.73 Å². The highest BCUT2D eigenvalue weighted by Crippen LogP contribution is 2.28. The van der Waals surface area contributed by atoms with Gasteiger partial charge in [-0.25, -0.2) is 12.8 Å². The average molecular weight is 323 g/mol. The molecule has 0 aromatic heterocycles. The largest absolute Gasteiger partial charge is 0.397 e. The summed E-state index contributed by atoms with van der Waals surface area (Å²) in [7, 11) is -2.94. The number of hydrogen-bond acceptors (Lipinski definition) is 4. The Hall–Kier alpha value is -0.820. The van der Waals surface area contributed by atoms with E-state index >= 15 is 0 Å². The molecule has 7 heteroatoms. The summed E-state index contributed by atoms with van der Waals surface area (Å²) in [6, 6.07) is 2.57. The van der Waals surface area contributed by atoms with Crippen LogP contribution in [0.5, 0.6) is 0 Å². The molecule has 1 atom stereocenters. The number of nitrogens with one attached hydrogen (secondary N) is 1. The van der Waals surface area contributed by atoms with Crippen LogP contribution in [0.2, 0.25) is 0 Å². The van der Waals surface area contributed by atoms with E-state index in [-0.39, 0.29) is 23.2 Å². The van der Waals surface area contributed by atoms with E-state index in [0.717, 1.165) is 0 Å². The minimum Gasteiger partial charge on any atom is -0.397 e. The Morgan fingerprint density at radius 2 is 2.18 bits per heavy atom. The lowest BCUT2D eigenvalue weighted by molar-refractivity contribution is 0.601. The van der Waals surface area contributed by atoms with Gasteiger partial charge in [-0.2, -0.15) is 0 Å². The smallest absolute Gasteiger partial charge is 0.152 e. The molecular formula is C10H12BrFN2O2S. The van der Waals surface area contributed by atoms with Crippen molar-refractivity contribution in [1.82, 2.24) is 0 Å². The maximum absolute atomic E-state index is 13.1. The molecular weight excluding hydrogens is 311 g/mol. The molecule has 1 aromatic rings. The molecule has 1 unspecified atom stereocenters. The molecule has 0 spiro atoms. The van der Waals surface area contributed by atoms with E-state index in [2.05, 4.69) is 21.2 Å². The normalized spacial score (nSPS) is 22.6. The summed E-state index contributed by atoms with van der Waals surface area (Å²) in [4.78, 5) is 0. The van der Waals surface area contributed by atoms with Crippen molar-refractivity contribution in [1.29, 1.82) is 0 Å². The zero-order chi connectivity index (χ0) is 12.6. The van der Waals surface area contributed by atoms with E-state index in [1.165, 1.54) is 12.1 Å². The van der Waals surface area contributed by atoms with Crippen molar-refractivity contribution in [3.8, 4) is 0 Å². The molecule has 0 saturated carbocycles. The van der Waals surface area contributed by atoms with Crippen LogP contribution >= 0.6 is 15.9 Å². The van der Waals surface area contributed by atoms with E-state index < -0.39 is 15.7 Å². The van der Waals surface area contributed by atoms with Crippen LogP contribution in [0.3, 0.4) is 0 Å². The molecule has 1 heterocycles. The molecule has 1 aliphatic rings. The van der Waals surface area contributed by atoms with Crippen molar-refractivity contribution in [2.45, 2.75) is 12.5 Å². The molecule has 17 heavy (non-hydrogen) atoms. The number of anilines is 2. The molecule has 0 radical (unpaired) electrons. The van der Waals surface area contributed by atoms with Gasteiger partial charge in [0.05, 0.1) is 27.4 Å². The highest BCUT2D eigenvalue weighted by Gasteiger charge is 2.28. The van der Waals surface area contributed by atoms with Gasteiger partial charge in [-0.3, -0.25) is 0 Å². The van der Waals surface area contributed by atoms with Crippen molar-refractivity contribution in [2.24, 2.45) is 0 Å². The van der Waals surface area contributed by atoms with Crippen LogP contribution in [-0.2, 0) is 9.84 Å². The molecule has 2 rings (SSSR count). The Morgan fingerprint density at radius 1 is 1.47 bits per heavy atom. The van der Waals surface area contributed by atoms with Crippen molar-refractivity contribution in [3.63, 3.8) is 0 Å². The highest BCUT2D eigenvalue weighted by molar-refractivity contribution is 9.10. The topological polar surface area (TPSA) is 72.2 Å². The SMILES string of the molecule is Nc1cc(F)c(Br)cc1NC1CCS(=O)(=O)C1. The Balaban J connectivity index is 2.17. The first kappa shape index (κ1) is 12.6. The van der Waals surface area contributed by atoms with Crippen LogP contribution in [0.1, 0.15) is 6.42 Å². The average Bonchev–Trinajstić information content (AvgIpc) is 2.54.